The van der Waals surface area contributed by atoms with Gasteiger partial charge in [-0.25, -0.2) is 9.98 Å². The van der Waals surface area contributed by atoms with Gasteiger partial charge in [0.1, 0.15) is 24.7 Å². The lowest BCUT2D eigenvalue weighted by atomic mass is 10.0. The van der Waals surface area contributed by atoms with Crippen LogP contribution in [0.15, 0.2) is 33.7 Å². The molecule has 6 heteroatoms. The van der Waals surface area contributed by atoms with Crippen LogP contribution in [0, 0.1) is 13.8 Å². The number of oxazole rings is 1. The largest absolute Gasteiger partial charge is 0.491 e. The van der Waals surface area contributed by atoms with Gasteiger partial charge in [0.05, 0.1) is 12.2 Å². The number of nitrogens with one attached hydrogen (secondary N) is 2. The summed E-state index contributed by atoms with van der Waals surface area (Å²) in [6, 6.07) is 8.17. The van der Waals surface area contributed by atoms with Crippen LogP contribution in [0.2, 0.25) is 0 Å². The molecular weight excluding hydrogens is 328 g/mol. The Morgan fingerprint density at radius 2 is 2.00 bits per heavy atom. The first-order valence-corrected chi connectivity index (χ1v) is 9.18. The molecule has 0 radical (unpaired) electrons. The second-order valence-electron chi connectivity index (χ2n) is 6.41. The van der Waals surface area contributed by atoms with Crippen molar-refractivity contribution in [3.05, 3.63) is 47.2 Å². The molecule has 0 unspecified atom stereocenters. The third-order valence-corrected chi connectivity index (χ3v) is 3.98. The van der Waals surface area contributed by atoms with Crippen LogP contribution < -0.4 is 15.4 Å². The summed E-state index contributed by atoms with van der Waals surface area (Å²) in [6.45, 7) is 12.6. The number of para-hydroxylation sites is 1. The third-order valence-electron chi connectivity index (χ3n) is 3.98. The van der Waals surface area contributed by atoms with Gasteiger partial charge in [0.25, 0.3) is 0 Å². The Morgan fingerprint density at radius 1 is 1.23 bits per heavy atom. The molecule has 1 aromatic carbocycles. The van der Waals surface area contributed by atoms with Crippen molar-refractivity contribution in [2.75, 3.05) is 19.7 Å². The lowest BCUT2D eigenvalue weighted by molar-refractivity contribution is 0.317. The molecule has 6 nitrogen and oxygen atoms in total. The van der Waals surface area contributed by atoms with Crippen molar-refractivity contribution in [1.82, 2.24) is 15.6 Å². The Labute approximate surface area is 156 Å². The SMILES string of the molecule is CCNC(=NCc1nc(C)c(C)o1)NCCOc1ccccc1C(C)C. The van der Waals surface area contributed by atoms with Crippen LogP contribution in [-0.2, 0) is 6.54 Å². The van der Waals surface area contributed by atoms with Crippen LogP contribution >= 0.6 is 0 Å². The molecule has 0 amide bonds. The molecule has 0 bridgehead atoms. The van der Waals surface area contributed by atoms with Crippen LogP contribution in [0.3, 0.4) is 0 Å². The standard InChI is InChI=1S/C20H30N4O2/c1-6-21-20(23-13-19-24-15(4)16(5)26-19)22-11-12-25-18-10-8-7-9-17(18)14(2)3/h7-10,14H,6,11-13H2,1-5H3,(H2,21,22,23). The van der Waals surface area contributed by atoms with E-state index in [1.165, 1.54) is 5.56 Å². The molecule has 0 atom stereocenters. The Bertz CT molecular complexity index is 703. The van der Waals surface area contributed by atoms with Crippen molar-refractivity contribution in [3.8, 4) is 5.75 Å². The van der Waals surface area contributed by atoms with E-state index in [0.717, 1.165) is 29.7 Å². The van der Waals surface area contributed by atoms with Crippen LogP contribution in [-0.4, -0.2) is 30.6 Å². The minimum atomic E-state index is 0.404. The Morgan fingerprint density at radius 3 is 2.65 bits per heavy atom. The number of hydrogen-bond donors (Lipinski definition) is 2. The van der Waals surface area contributed by atoms with Crippen molar-refractivity contribution < 1.29 is 9.15 Å². The van der Waals surface area contributed by atoms with Crippen LogP contribution in [0.4, 0.5) is 0 Å². The van der Waals surface area contributed by atoms with Gasteiger partial charge >= 0.3 is 0 Å². The van der Waals surface area contributed by atoms with Crippen molar-refractivity contribution in [1.29, 1.82) is 0 Å². The minimum Gasteiger partial charge on any atom is -0.491 e. The number of aromatic nitrogens is 1. The number of aliphatic imine (C=N–C) groups is 1. The highest BCUT2D eigenvalue weighted by atomic mass is 16.5. The van der Waals surface area contributed by atoms with Crippen molar-refractivity contribution >= 4 is 5.96 Å². The van der Waals surface area contributed by atoms with Crippen LogP contribution in [0.1, 0.15) is 49.6 Å². The van der Waals surface area contributed by atoms with Crippen LogP contribution in [0.5, 0.6) is 5.75 Å². The molecule has 0 saturated carbocycles. The lowest BCUT2D eigenvalue weighted by Crippen LogP contribution is -2.39. The zero-order chi connectivity index (χ0) is 18.9. The van der Waals surface area contributed by atoms with E-state index < -0.39 is 0 Å². The van der Waals surface area contributed by atoms with E-state index in [9.17, 15) is 0 Å². The molecule has 2 rings (SSSR count). The first-order chi connectivity index (χ1) is 12.5. The molecule has 0 aliphatic heterocycles. The Kier molecular flexibility index (Phi) is 7.51. The lowest BCUT2D eigenvalue weighted by Gasteiger charge is -2.15. The molecule has 0 spiro atoms. The number of rotatable bonds is 8. The average molecular weight is 358 g/mol. The minimum absolute atomic E-state index is 0.404. The fourth-order valence-electron chi connectivity index (χ4n) is 2.51. The summed E-state index contributed by atoms with van der Waals surface area (Å²) in [5.41, 5.74) is 2.13. The maximum Gasteiger partial charge on any atom is 0.216 e. The number of aryl methyl sites for hydroxylation is 2. The summed E-state index contributed by atoms with van der Waals surface area (Å²) >= 11 is 0. The molecular formula is C20H30N4O2. The zero-order valence-electron chi connectivity index (χ0n) is 16.4. The predicted molar refractivity (Wildman–Crippen MR) is 105 cm³/mol. The Hall–Kier alpha value is -2.50. The van der Waals surface area contributed by atoms with E-state index in [1.54, 1.807) is 0 Å². The molecule has 1 heterocycles. The first kappa shape index (κ1) is 19.8. The fraction of sp³-hybridized carbons (Fsp3) is 0.500. The molecule has 0 fully saturated rings. The van der Waals surface area contributed by atoms with Gasteiger partial charge < -0.3 is 19.8 Å². The number of hydrogen-bond acceptors (Lipinski definition) is 4. The predicted octanol–water partition coefficient (Wildman–Crippen LogP) is 3.55. The van der Waals surface area contributed by atoms with Gasteiger partial charge in [0, 0.05) is 6.54 Å². The maximum atomic E-state index is 5.93. The summed E-state index contributed by atoms with van der Waals surface area (Å²) < 4.78 is 11.5. The third kappa shape index (κ3) is 5.79. The first-order valence-electron chi connectivity index (χ1n) is 9.18. The highest BCUT2D eigenvalue weighted by Crippen LogP contribution is 2.25. The molecule has 2 aromatic rings. The highest BCUT2D eigenvalue weighted by molar-refractivity contribution is 5.79. The molecule has 2 N–H and O–H groups in total. The van der Waals surface area contributed by atoms with Gasteiger partial charge in [-0.05, 0) is 38.3 Å². The summed E-state index contributed by atoms with van der Waals surface area (Å²) in [7, 11) is 0. The van der Waals surface area contributed by atoms with Crippen molar-refractivity contribution in [3.63, 3.8) is 0 Å². The van der Waals surface area contributed by atoms with Gasteiger partial charge in [0.2, 0.25) is 5.89 Å². The topological polar surface area (TPSA) is 71.7 Å². The van der Waals surface area contributed by atoms with E-state index >= 15 is 0 Å². The average Bonchev–Trinajstić information content (AvgIpc) is 2.94. The number of nitrogens with zero attached hydrogens (tertiary/aromatic N) is 2. The van der Waals surface area contributed by atoms with E-state index in [2.05, 4.69) is 40.5 Å². The summed E-state index contributed by atoms with van der Waals surface area (Å²) in [5.74, 6) is 3.56. The van der Waals surface area contributed by atoms with Gasteiger partial charge in [0.15, 0.2) is 5.96 Å². The molecule has 0 saturated heterocycles. The van der Waals surface area contributed by atoms with Crippen molar-refractivity contribution in [2.24, 2.45) is 4.99 Å². The number of ether oxygens (including phenoxy) is 1. The second kappa shape index (κ2) is 9.85. The Balaban J connectivity index is 1.85. The normalized spacial score (nSPS) is 11.7. The molecule has 0 aliphatic rings. The van der Waals surface area contributed by atoms with E-state index in [1.807, 2.05) is 39.0 Å². The summed E-state index contributed by atoms with van der Waals surface area (Å²) in [6.07, 6.45) is 0. The van der Waals surface area contributed by atoms with Crippen LogP contribution in [0.25, 0.3) is 0 Å². The van der Waals surface area contributed by atoms with Gasteiger partial charge in [-0.1, -0.05) is 32.0 Å². The highest BCUT2D eigenvalue weighted by Gasteiger charge is 2.07. The van der Waals surface area contributed by atoms with E-state index in [-0.39, 0.29) is 0 Å². The molecule has 142 valence electrons. The number of guanidine groups is 1. The van der Waals surface area contributed by atoms with E-state index in [4.69, 9.17) is 9.15 Å². The zero-order valence-corrected chi connectivity index (χ0v) is 16.4. The van der Waals surface area contributed by atoms with E-state index in [0.29, 0.717) is 31.5 Å². The van der Waals surface area contributed by atoms with Gasteiger partial charge in [-0.15, -0.1) is 0 Å². The molecule has 26 heavy (non-hydrogen) atoms. The molecule has 1 aromatic heterocycles. The summed E-state index contributed by atoms with van der Waals surface area (Å²) in [4.78, 5) is 8.86. The smallest absolute Gasteiger partial charge is 0.216 e. The van der Waals surface area contributed by atoms with Crippen molar-refractivity contribution in [2.45, 2.75) is 47.1 Å². The molecule has 0 aliphatic carbocycles. The fourth-order valence-corrected chi connectivity index (χ4v) is 2.51. The summed E-state index contributed by atoms with van der Waals surface area (Å²) in [5, 5.41) is 6.49. The monoisotopic (exact) mass is 358 g/mol. The van der Waals surface area contributed by atoms with Gasteiger partial charge in [-0.2, -0.15) is 0 Å². The second-order valence-corrected chi connectivity index (χ2v) is 6.41. The number of benzene rings is 1. The quantitative estimate of drug-likeness (QED) is 0.429. The van der Waals surface area contributed by atoms with Gasteiger partial charge in [-0.3, -0.25) is 0 Å². The maximum absolute atomic E-state index is 5.93.